The van der Waals surface area contributed by atoms with Gasteiger partial charge >= 0.3 is 7.12 Å². The molecule has 132 valence electrons. The molecule has 4 heteroatoms. The van der Waals surface area contributed by atoms with E-state index in [9.17, 15) is 0 Å². The third-order valence-electron chi connectivity index (χ3n) is 5.53. The maximum absolute atomic E-state index is 6.43. The molecule has 0 aromatic heterocycles. The van der Waals surface area contributed by atoms with Crippen molar-refractivity contribution in [2.75, 3.05) is 0 Å². The Bertz CT molecular complexity index is 965. The largest absolute Gasteiger partial charge is 0.494 e. The predicted molar refractivity (Wildman–Crippen MR) is 110 cm³/mol. The van der Waals surface area contributed by atoms with Gasteiger partial charge in [0.1, 0.15) is 0 Å². The van der Waals surface area contributed by atoms with Crippen molar-refractivity contribution in [2.45, 2.75) is 38.9 Å². The van der Waals surface area contributed by atoms with E-state index < -0.39 is 7.12 Å². The van der Waals surface area contributed by atoms with Gasteiger partial charge in [-0.25, -0.2) is 0 Å². The molecule has 1 aliphatic rings. The first-order valence-corrected chi connectivity index (χ1v) is 9.28. The Kier molecular flexibility index (Phi) is 4.15. The summed E-state index contributed by atoms with van der Waals surface area (Å²) in [6.45, 7) is 8.23. The van der Waals surface area contributed by atoms with Gasteiger partial charge < -0.3 is 9.31 Å². The lowest BCUT2D eigenvalue weighted by Crippen LogP contribution is -2.41. The number of fused-ring (bicyclic) bond motifs is 1. The lowest BCUT2D eigenvalue weighted by atomic mass is 9.78. The van der Waals surface area contributed by atoms with Crippen molar-refractivity contribution in [3.05, 3.63) is 65.7 Å². The van der Waals surface area contributed by atoms with Crippen LogP contribution in [0.3, 0.4) is 0 Å². The fourth-order valence-electron chi connectivity index (χ4n) is 3.26. The molecule has 0 radical (unpaired) electrons. The molecule has 0 spiro atoms. The van der Waals surface area contributed by atoms with Crippen LogP contribution < -0.4 is 5.46 Å². The third-order valence-corrected chi connectivity index (χ3v) is 5.75. The molecule has 3 aromatic carbocycles. The normalized spacial score (nSPS) is 18.4. The molecule has 0 atom stereocenters. The minimum absolute atomic E-state index is 0.372. The molecule has 26 heavy (non-hydrogen) atoms. The zero-order chi connectivity index (χ0) is 18.5. The van der Waals surface area contributed by atoms with E-state index in [0.717, 1.165) is 16.6 Å². The summed E-state index contributed by atoms with van der Waals surface area (Å²) in [5, 5.41) is 3.12. The average Bonchev–Trinajstić information content (AvgIpc) is 2.82. The first kappa shape index (κ1) is 17.6. The summed E-state index contributed by atoms with van der Waals surface area (Å²) in [4.78, 5) is 0. The number of rotatable bonds is 2. The standard InChI is InChI=1S/C22H22BClO2/c1-21(2)22(3,4)26-23(25-21)19-12-18(13-20(24)14-19)17-10-9-15-7-5-6-8-16(15)11-17/h5-14H,1-4H3. The summed E-state index contributed by atoms with van der Waals surface area (Å²) in [6.07, 6.45) is 0. The highest BCUT2D eigenvalue weighted by atomic mass is 35.5. The third kappa shape index (κ3) is 3.05. The minimum Gasteiger partial charge on any atom is -0.399 e. The van der Waals surface area contributed by atoms with E-state index in [2.05, 4.69) is 76.2 Å². The van der Waals surface area contributed by atoms with E-state index in [0.29, 0.717) is 5.02 Å². The first-order chi connectivity index (χ1) is 12.2. The van der Waals surface area contributed by atoms with Gasteiger partial charge in [0.15, 0.2) is 0 Å². The van der Waals surface area contributed by atoms with Crippen LogP contribution in [0.2, 0.25) is 5.02 Å². The van der Waals surface area contributed by atoms with Crippen molar-refractivity contribution in [3.8, 4) is 11.1 Å². The molecule has 0 amide bonds. The van der Waals surface area contributed by atoms with E-state index in [-0.39, 0.29) is 11.2 Å². The molecule has 0 unspecified atom stereocenters. The van der Waals surface area contributed by atoms with Gasteiger partial charge in [0, 0.05) is 5.02 Å². The lowest BCUT2D eigenvalue weighted by Gasteiger charge is -2.32. The van der Waals surface area contributed by atoms with Crippen molar-refractivity contribution < 1.29 is 9.31 Å². The highest BCUT2D eigenvalue weighted by molar-refractivity contribution is 6.62. The summed E-state index contributed by atoms with van der Waals surface area (Å²) in [6, 6.07) is 20.8. The van der Waals surface area contributed by atoms with Crippen molar-refractivity contribution >= 4 is 35.0 Å². The van der Waals surface area contributed by atoms with Gasteiger partial charge in [-0.2, -0.15) is 0 Å². The van der Waals surface area contributed by atoms with Gasteiger partial charge in [-0.1, -0.05) is 54.1 Å². The fourth-order valence-corrected chi connectivity index (χ4v) is 3.51. The zero-order valence-electron chi connectivity index (χ0n) is 15.5. The molecule has 3 aromatic rings. The lowest BCUT2D eigenvalue weighted by molar-refractivity contribution is 0.00578. The maximum atomic E-state index is 6.43. The molecule has 4 rings (SSSR count). The average molecular weight is 365 g/mol. The van der Waals surface area contributed by atoms with E-state index in [1.165, 1.54) is 10.8 Å². The topological polar surface area (TPSA) is 18.5 Å². The van der Waals surface area contributed by atoms with Crippen LogP contribution in [0.15, 0.2) is 60.7 Å². The molecule has 1 heterocycles. The smallest absolute Gasteiger partial charge is 0.399 e. The van der Waals surface area contributed by atoms with Crippen LogP contribution in [-0.4, -0.2) is 18.3 Å². The Labute approximate surface area is 160 Å². The van der Waals surface area contributed by atoms with Gasteiger partial charge in [-0.3, -0.25) is 0 Å². The molecule has 1 saturated heterocycles. The van der Waals surface area contributed by atoms with Gasteiger partial charge in [0.25, 0.3) is 0 Å². The number of hydrogen-bond donors (Lipinski definition) is 0. The monoisotopic (exact) mass is 364 g/mol. The zero-order valence-corrected chi connectivity index (χ0v) is 16.3. The Hall–Kier alpha value is -1.81. The van der Waals surface area contributed by atoms with E-state index in [4.69, 9.17) is 20.9 Å². The molecule has 0 N–H and O–H groups in total. The van der Waals surface area contributed by atoms with Crippen LogP contribution in [0, 0.1) is 0 Å². The molecular weight excluding hydrogens is 343 g/mol. The second kappa shape index (κ2) is 6.12. The quantitative estimate of drug-likeness (QED) is 0.562. The summed E-state index contributed by atoms with van der Waals surface area (Å²) in [7, 11) is -0.419. The summed E-state index contributed by atoms with van der Waals surface area (Å²) in [5.74, 6) is 0. The number of benzene rings is 3. The van der Waals surface area contributed by atoms with Crippen LogP contribution in [0.25, 0.3) is 21.9 Å². The van der Waals surface area contributed by atoms with Gasteiger partial charge in [-0.15, -0.1) is 0 Å². The maximum Gasteiger partial charge on any atom is 0.494 e. The van der Waals surface area contributed by atoms with Crippen molar-refractivity contribution in [3.63, 3.8) is 0 Å². The minimum atomic E-state index is -0.419. The van der Waals surface area contributed by atoms with Crippen molar-refractivity contribution in [1.29, 1.82) is 0 Å². The summed E-state index contributed by atoms with van der Waals surface area (Å²) >= 11 is 6.43. The van der Waals surface area contributed by atoms with Gasteiger partial charge in [0.2, 0.25) is 0 Å². The molecule has 1 fully saturated rings. The highest BCUT2D eigenvalue weighted by Gasteiger charge is 2.51. The van der Waals surface area contributed by atoms with Crippen molar-refractivity contribution in [1.82, 2.24) is 0 Å². The SMILES string of the molecule is CC1(C)OB(c2cc(Cl)cc(-c3ccc4ccccc4c3)c2)OC1(C)C. The molecular formula is C22H22BClO2. The number of halogens is 1. The van der Waals surface area contributed by atoms with Crippen LogP contribution in [0.1, 0.15) is 27.7 Å². The van der Waals surface area contributed by atoms with Crippen LogP contribution in [-0.2, 0) is 9.31 Å². The summed E-state index contributed by atoms with van der Waals surface area (Å²) in [5.41, 5.74) is 2.39. The Morgan fingerprint density at radius 2 is 1.38 bits per heavy atom. The van der Waals surface area contributed by atoms with Crippen molar-refractivity contribution in [2.24, 2.45) is 0 Å². The Morgan fingerprint density at radius 1 is 0.731 bits per heavy atom. The predicted octanol–water partition coefficient (Wildman–Crippen LogP) is 5.46. The summed E-state index contributed by atoms with van der Waals surface area (Å²) < 4.78 is 12.4. The molecule has 0 aliphatic carbocycles. The van der Waals surface area contributed by atoms with Gasteiger partial charge in [-0.05, 0) is 73.3 Å². The van der Waals surface area contributed by atoms with E-state index >= 15 is 0 Å². The van der Waals surface area contributed by atoms with E-state index in [1.807, 2.05) is 12.1 Å². The second-order valence-corrected chi connectivity index (χ2v) is 8.36. The second-order valence-electron chi connectivity index (χ2n) is 7.92. The molecule has 1 aliphatic heterocycles. The Morgan fingerprint density at radius 3 is 2.08 bits per heavy atom. The van der Waals surface area contributed by atoms with Gasteiger partial charge in [0.05, 0.1) is 11.2 Å². The fraction of sp³-hybridized carbons (Fsp3) is 0.273. The number of hydrogen-bond acceptors (Lipinski definition) is 2. The molecule has 2 nitrogen and oxygen atoms in total. The first-order valence-electron chi connectivity index (χ1n) is 8.90. The molecule has 0 bridgehead atoms. The van der Waals surface area contributed by atoms with Crippen LogP contribution >= 0.6 is 11.6 Å². The van der Waals surface area contributed by atoms with Crippen LogP contribution in [0.4, 0.5) is 0 Å². The Balaban J connectivity index is 1.75. The molecule has 0 saturated carbocycles. The highest BCUT2D eigenvalue weighted by Crippen LogP contribution is 2.37. The van der Waals surface area contributed by atoms with Crippen LogP contribution in [0.5, 0.6) is 0 Å². The van der Waals surface area contributed by atoms with E-state index in [1.54, 1.807) is 0 Å².